The Kier molecular flexibility index (Phi) is 3.73. The molecule has 0 N–H and O–H groups in total. The Morgan fingerprint density at radius 2 is 2.18 bits per heavy atom. The molecular formula is C13H18ClN3. The lowest BCUT2D eigenvalue weighted by Gasteiger charge is -2.10. The molecule has 92 valence electrons. The van der Waals surface area contributed by atoms with E-state index >= 15 is 0 Å². The average molecular weight is 252 g/mol. The first-order chi connectivity index (χ1) is 8.19. The summed E-state index contributed by atoms with van der Waals surface area (Å²) in [6, 6.07) is 2.48. The molecule has 0 spiro atoms. The van der Waals surface area contributed by atoms with Gasteiger partial charge in [-0.3, -0.25) is 0 Å². The molecule has 0 aromatic carbocycles. The lowest BCUT2D eigenvalue weighted by Crippen LogP contribution is -2.06. The third kappa shape index (κ3) is 2.19. The number of nitriles is 1. The van der Waals surface area contributed by atoms with Gasteiger partial charge in [-0.2, -0.15) is 10.4 Å². The van der Waals surface area contributed by atoms with Crippen LogP contribution in [0.25, 0.3) is 0 Å². The number of aromatic nitrogens is 2. The zero-order valence-electron chi connectivity index (χ0n) is 10.4. The summed E-state index contributed by atoms with van der Waals surface area (Å²) in [7, 11) is 0. The van der Waals surface area contributed by atoms with Gasteiger partial charge in [0.2, 0.25) is 0 Å². The van der Waals surface area contributed by atoms with Crippen LogP contribution >= 0.6 is 11.6 Å². The van der Waals surface area contributed by atoms with Crippen LogP contribution in [-0.2, 0) is 0 Å². The van der Waals surface area contributed by atoms with Gasteiger partial charge in [0.1, 0.15) is 16.8 Å². The summed E-state index contributed by atoms with van der Waals surface area (Å²) >= 11 is 6.26. The van der Waals surface area contributed by atoms with Crippen molar-refractivity contribution in [3.63, 3.8) is 0 Å². The van der Waals surface area contributed by atoms with Gasteiger partial charge in [0.25, 0.3) is 0 Å². The molecule has 1 atom stereocenters. The largest absolute Gasteiger partial charge is 0.250 e. The minimum Gasteiger partial charge on any atom is -0.250 e. The van der Waals surface area contributed by atoms with E-state index in [2.05, 4.69) is 25.0 Å². The van der Waals surface area contributed by atoms with Gasteiger partial charge in [-0.1, -0.05) is 31.4 Å². The van der Waals surface area contributed by atoms with Crippen LogP contribution in [0.1, 0.15) is 69.2 Å². The summed E-state index contributed by atoms with van der Waals surface area (Å²) in [5, 5.41) is 14.4. The Morgan fingerprint density at radius 1 is 1.53 bits per heavy atom. The molecule has 0 aliphatic heterocycles. The van der Waals surface area contributed by atoms with E-state index in [1.807, 2.05) is 4.68 Å². The highest BCUT2D eigenvalue weighted by molar-refractivity contribution is 6.30. The molecule has 2 rings (SSSR count). The maximum Gasteiger partial charge on any atom is 0.145 e. The molecule has 1 saturated carbocycles. The average Bonchev–Trinajstić information content (AvgIpc) is 2.95. The van der Waals surface area contributed by atoms with Crippen molar-refractivity contribution in [1.29, 1.82) is 5.26 Å². The Labute approximate surface area is 107 Å². The SMILES string of the molecule is CCC(C)n1nc(C2CCCC2)c(C#N)c1Cl. The van der Waals surface area contributed by atoms with Gasteiger partial charge < -0.3 is 0 Å². The van der Waals surface area contributed by atoms with Crippen molar-refractivity contribution in [2.24, 2.45) is 0 Å². The minimum atomic E-state index is 0.254. The Bertz CT molecular complexity index is 438. The first-order valence-electron chi connectivity index (χ1n) is 6.37. The third-order valence-electron chi connectivity index (χ3n) is 3.74. The third-order valence-corrected chi connectivity index (χ3v) is 4.10. The zero-order chi connectivity index (χ0) is 12.4. The van der Waals surface area contributed by atoms with Crippen LogP contribution in [0.4, 0.5) is 0 Å². The van der Waals surface area contributed by atoms with Crippen LogP contribution in [0.5, 0.6) is 0 Å². The quantitative estimate of drug-likeness (QED) is 0.814. The van der Waals surface area contributed by atoms with Crippen LogP contribution in [0.15, 0.2) is 0 Å². The zero-order valence-corrected chi connectivity index (χ0v) is 11.2. The molecule has 0 bridgehead atoms. The predicted molar refractivity (Wildman–Crippen MR) is 68.2 cm³/mol. The Hall–Kier alpha value is -1.01. The van der Waals surface area contributed by atoms with Gasteiger partial charge in [0.05, 0.1) is 11.7 Å². The van der Waals surface area contributed by atoms with Crippen molar-refractivity contribution in [2.75, 3.05) is 0 Å². The van der Waals surface area contributed by atoms with Crippen molar-refractivity contribution in [3.05, 3.63) is 16.4 Å². The van der Waals surface area contributed by atoms with Gasteiger partial charge in [-0.15, -0.1) is 0 Å². The second kappa shape index (κ2) is 5.10. The molecule has 0 saturated heterocycles. The summed E-state index contributed by atoms with van der Waals surface area (Å²) in [4.78, 5) is 0. The van der Waals surface area contributed by atoms with E-state index in [9.17, 15) is 5.26 Å². The molecule has 3 nitrogen and oxygen atoms in total. The van der Waals surface area contributed by atoms with Crippen LogP contribution in [0, 0.1) is 11.3 Å². The maximum atomic E-state index is 9.24. The number of nitrogens with zero attached hydrogens (tertiary/aromatic N) is 3. The Morgan fingerprint density at radius 3 is 2.71 bits per heavy atom. The van der Waals surface area contributed by atoms with Crippen LogP contribution < -0.4 is 0 Å². The molecule has 1 aromatic heterocycles. The molecule has 17 heavy (non-hydrogen) atoms. The number of rotatable bonds is 3. The van der Waals surface area contributed by atoms with Crippen LogP contribution in [0.2, 0.25) is 5.15 Å². The summed E-state index contributed by atoms with van der Waals surface area (Å²) < 4.78 is 1.81. The fraction of sp³-hybridized carbons (Fsp3) is 0.692. The summed E-state index contributed by atoms with van der Waals surface area (Å²) in [5.74, 6) is 0.437. The fourth-order valence-corrected chi connectivity index (χ4v) is 2.83. The van der Waals surface area contributed by atoms with E-state index in [-0.39, 0.29) is 6.04 Å². The van der Waals surface area contributed by atoms with E-state index < -0.39 is 0 Å². The van der Waals surface area contributed by atoms with Crippen molar-refractivity contribution in [2.45, 2.75) is 57.9 Å². The van der Waals surface area contributed by atoms with Gasteiger partial charge in [0, 0.05) is 5.92 Å². The van der Waals surface area contributed by atoms with Gasteiger partial charge in [-0.25, -0.2) is 4.68 Å². The molecule has 1 aliphatic rings. The molecule has 1 unspecified atom stereocenters. The molecular weight excluding hydrogens is 234 g/mol. The standard InChI is InChI=1S/C13H18ClN3/c1-3-9(2)17-13(14)11(8-15)12(16-17)10-6-4-5-7-10/h9-10H,3-7H2,1-2H3. The predicted octanol–water partition coefficient (Wildman–Crippen LogP) is 4.04. The van der Waals surface area contributed by atoms with E-state index in [0.717, 1.165) is 25.0 Å². The molecule has 1 fully saturated rings. The highest BCUT2D eigenvalue weighted by Gasteiger charge is 2.27. The van der Waals surface area contributed by atoms with Crippen molar-refractivity contribution < 1.29 is 0 Å². The van der Waals surface area contributed by atoms with Crippen LogP contribution in [-0.4, -0.2) is 9.78 Å². The molecule has 1 heterocycles. The van der Waals surface area contributed by atoms with Gasteiger partial charge in [-0.05, 0) is 26.2 Å². The fourth-order valence-electron chi connectivity index (χ4n) is 2.48. The lowest BCUT2D eigenvalue weighted by molar-refractivity contribution is 0.469. The minimum absolute atomic E-state index is 0.254. The highest BCUT2D eigenvalue weighted by atomic mass is 35.5. The molecule has 1 aromatic rings. The topological polar surface area (TPSA) is 41.6 Å². The Balaban J connectivity index is 2.41. The monoisotopic (exact) mass is 251 g/mol. The molecule has 4 heteroatoms. The summed E-state index contributed by atoms with van der Waals surface area (Å²) in [6.07, 6.45) is 5.73. The molecule has 0 amide bonds. The smallest absolute Gasteiger partial charge is 0.145 e. The summed E-state index contributed by atoms with van der Waals surface area (Å²) in [5.41, 5.74) is 1.52. The van der Waals surface area contributed by atoms with E-state index in [1.165, 1.54) is 12.8 Å². The lowest BCUT2D eigenvalue weighted by atomic mass is 10.0. The summed E-state index contributed by atoms with van der Waals surface area (Å²) in [6.45, 7) is 4.18. The first kappa shape index (κ1) is 12.4. The molecule has 0 radical (unpaired) electrons. The van der Waals surface area contributed by atoms with E-state index in [1.54, 1.807) is 0 Å². The van der Waals surface area contributed by atoms with Gasteiger partial charge in [0.15, 0.2) is 0 Å². The second-order valence-electron chi connectivity index (χ2n) is 4.85. The second-order valence-corrected chi connectivity index (χ2v) is 5.20. The number of halogens is 1. The molecule has 1 aliphatic carbocycles. The van der Waals surface area contributed by atoms with Crippen molar-refractivity contribution in [3.8, 4) is 6.07 Å². The van der Waals surface area contributed by atoms with E-state index in [4.69, 9.17) is 11.6 Å². The van der Waals surface area contributed by atoms with Crippen molar-refractivity contribution in [1.82, 2.24) is 9.78 Å². The number of hydrogen-bond donors (Lipinski definition) is 0. The maximum absolute atomic E-state index is 9.24. The van der Waals surface area contributed by atoms with Gasteiger partial charge >= 0.3 is 0 Å². The van der Waals surface area contributed by atoms with E-state index in [0.29, 0.717) is 16.6 Å². The highest BCUT2D eigenvalue weighted by Crippen LogP contribution is 2.37. The first-order valence-corrected chi connectivity index (χ1v) is 6.74. The number of hydrogen-bond acceptors (Lipinski definition) is 2. The van der Waals surface area contributed by atoms with Crippen LogP contribution in [0.3, 0.4) is 0 Å². The normalized spacial score (nSPS) is 18.2. The van der Waals surface area contributed by atoms with Crippen molar-refractivity contribution >= 4 is 11.6 Å².